The van der Waals surface area contributed by atoms with E-state index in [4.69, 9.17) is 0 Å². The molecule has 0 saturated carbocycles. The summed E-state index contributed by atoms with van der Waals surface area (Å²) in [4.78, 5) is 8.39. The summed E-state index contributed by atoms with van der Waals surface area (Å²) in [6.45, 7) is 3.99. The first-order valence-corrected chi connectivity index (χ1v) is 9.68. The molecule has 2 heterocycles. The number of rotatable bonds is 2. The van der Waals surface area contributed by atoms with Gasteiger partial charge in [-0.1, -0.05) is 6.07 Å². The van der Waals surface area contributed by atoms with E-state index in [1.54, 1.807) is 6.20 Å². The second kappa shape index (κ2) is 8.71. The molecule has 4 heteroatoms. The Morgan fingerprint density at radius 3 is 2.05 bits per heavy atom. The molecule has 3 aromatic rings. The van der Waals surface area contributed by atoms with E-state index >= 15 is 0 Å². The van der Waals surface area contributed by atoms with Crippen LogP contribution in [0.25, 0.3) is 11.3 Å². The Kier molecular flexibility index (Phi) is 6.61. The number of benzene rings is 1. The molecule has 0 N–H and O–H groups in total. The van der Waals surface area contributed by atoms with Crippen LogP contribution >= 0.6 is 0 Å². The van der Waals surface area contributed by atoms with Gasteiger partial charge in [-0.25, -0.2) is 0 Å². The molecule has 0 unspecified atom stereocenters. The van der Waals surface area contributed by atoms with Crippen LogP contribution in [0.4, 0.5) is 2.59 Å². The Morgan fingerprint density at radius 2 is 1.50 bits per heavy atom. The first-order chi connectivity index (χ1) is 10.7. The molecule has 0 saturated heterocycles. The zero-order chi connectivity index (χ0) is 15.8. The molecular weight excluding hydrogens is 472 g/mol. The number of halogens is 1. The Morgan fingerprint density at radius 1 is 0.818 bits per heavy atom. The van der Waals surface area contributed by atoms with Crippen LogP contribution in [0, 0.1) is 13.8 Å². The summed E-state index contributed by atoms with van der Waals surface area (Å²) >= 11 is -1.86. The van der Waals surface area contributed by atoms with Gasteiger partial charge >= 0.3 is 94.9 Å². The van der Waals surface area contributed by atoms with Crippen molar-refractivity contribution in [3.05, 3.63) is 78.2 Å². The van der Waals surface area contributed by atoms with Gasteiger partial charge in [0.2, 0.25) is 0 Å². The number of pyridine rings is 2. The van der Waals surface area contributed by atoms with E-state index in [2.05, 4.69) is 9.97 Å². The zero-order valence-electron chi connectivity index (χ0n) is 12.5. The summed E-state index contributed by atoms with van der Waals surface area (Å²) in [5.74, 6) is 0. The van der Waals surface area contributed by atoms with Gasteiger partial charge in [-0.05, 0) is 26.0 Å². The molecule has 22 heavy (non-hydrogen) atoms. The van der Waals surface area contributed by atoms with Crippen LogP contribution in [-0.4, -0.2) is 34.1 Å². The fourth-order valence-electron chi connectivity index (χ4n) is 1.95. The van der Waals surface area contributed by atoms with Crippen molar-refractivity contribution < 1.29 is 2.59 Å². The van der Waals surface area contributed by atoms with Gasteiger partial charge in [0.25, 0.3) is 0 Å². The average molecular weight is 489 g/mol. The van der Waals surface area contributed by atoms with Gasteiger partial charge < -0.3 is 0 Å². The number of nitrogens with zero attached hydrogens (tertiary/aromatic N) is 2. The molecule has 0 spiro atoms. The van der Waals surface area contributed by atoms with Crippen LogP contribution in [0.15, 0.2) is 66.9 Å². The van der Waals surface area contributed by atoms with Crippen LogP contribution in [-0.2, 0) is 0 Å². The second-order valence-corrected chi connectivity index (χ2v) is 7.02. The van der Waals surface area contributed by atoms with Crippen molar-refractivity contribution in [2.75, 3.05) is 0 Å². The average Bonchev–Trinajstić information content (AvgIpc) is 2.56. The van der Waals surface area contributed by atoms with E-state index < -0.39 is 24.2 Å². The second-order valence-electron chi connectivity index (χ2n) is 4.71. The molecule has 0 amide bonds. The summed E-state index contributed by atoms with van der Waals surface area (Å²) in [6, 6.07) is 19.3. The number of hydrogen-bond donors (Lipinski definition) is 0. The van der Waals surface area contributed by atoms with Crippen LogP contribution < -0.4 is 3.22 Å². The summed E-state index contributed by atoms with van der Waals surface area (Å²) < 4.78 is 13.7. The van der Waals surface area contributed by atoms with Gasteiger partial charge in [0.1, 0.15) is 0 Å². The molecule has 0 atom stereocenters. The molecule has 3 rings (SSSR count). The van der Waals surface area contributed by atoms with Gasteiger partial charge in [-0.3, -0.25) is 4.98 Å². The molecular formula is C18H17FN2Po. The molecule has 2 aromatic heterocycles. The Hall–Kier alpha value is -1.65. The quantitative estimate of drug-likeness (QED) is 0.550. The summed E-state index contributed by atoms with van der Waals surface area (Å²) in [5.41, 5.74) is 3.98. The third-order valence-electron chi connectivity index (χ3n) is 2.94. The predicted molar refractivity (Wildman–Crippen MR) is 89.9 cm³/mol. The molecule has 1 aromatic carbocycles. The standard InChI is InChI=1S/C11H8N.C7H9N.FH.Po/c1-2-6-10(7-3-1)11-8-4-5-9-12-11;1-6-4-3-5-7(2)8-6;;/h1-6,8-9H;3-5H,1-2H3;1H;/q;;;+1/p-1. The van der Waals surface area contributed by atoms with Crippen molar-refractivity contribution in [1.82, 2.24) is 9.97 Å². The van der Waals surface area contributed by atoms with Crippen molar-refractivity contribution in [3.63, 3.8) is 0 Å². The third kappa shape index (κ3) is 4.96. The number of aromatic nitrogens is 2. The van der Waals surface area contributed by atoms with Crippen LogP contribution in [0.1, 0.15) is 11.4 Å². The third-order valence-corrected chi connectivity index (χ3v) is 4.97. The minimum atomic E-state index is -1.86. The Balaban J connectivity index is 0.000000188. The zero-order valence-corrected chi connectivity index (χ0v) is 15.7. The van der Waals surface area contributed by atoms with Gasteiger partial charge in [-0.2, -0.15) is 0 Å². The van der Waals surface area contributed by atoms with Crippen molar-refractivity contribution in [2.45, 2.75) is 13.8 Å². The SMILES string of the molecule is Cc1cccc(C)n1.[F][Po][c]1ccccc1-c1ccccn1. The topological polar surface area (TPSA) is 25.8 Å². The Labute approximate surface area is 143 Å². The molecule has 2 nitrogen and oxygen atoms in total. The predicted octanol–water partition coefficient (Wildman–Crippen LogP) is 3.66. The van der Waals surface area contributed by atoms with Crippen molar-refractivity contribution in [2.24, 2.45) is 0 Å². The first kappa shape index (κ1) is 16.7. The fourth-order valence-corrected chi connectivity index (χ4v) is 3.45. The number of hydrogen-bond acceptors (Lipinski definition) is 2. The first-order valence-electron chi connectivity index (χ1n) is 6.90. The van der Waals surface area contributed by atoms with Crippen molar-refractivity contribution in [3.8, 4) is 11.3 Å². The monoisotopic (exact) mass is 489 g/mol. The maximum atomic E-state index is 12.8. The van der Waals surface area contributed by atoms with Gasteiger partial charge in [0, 0.05) is 11.4 Å². The van der Waals surface area contributed by atoms with Gasteiger partial charge in [0.15, 0.2) is 0 Å². The Bertz CT molecular complexity index is 700. The van der Waals surface area contributed by atoms with E-state index in [0.717, 1.165) is 25.9 Å². The molecule has 0 radical (unpaired) electrons. The molecule has 112 valence electrons. The minimum absolute atomic E-state index is 0.853. The van der Waals surface area contributed by atoms with Crippen LogP contribution in [0.3, 0.4) is 0 Å². The maximum absolute atomic E-state index is 12.8. The van der Waals surface area contributed by atoms with Crippen LogP contribution in [0.2, 0.25) is 0 Å². The van der Waals surface area contributed by atoms with Crippen molar-refractivity contribution >= 4 is 27.4 Å². The van der Waals surface area contributed by atoms with E-state index in [-0.39, 0.29) is 0 Å². The van der Waals surface area contributed by atoms with E-state index in [0.29, 0.717) is 0 Å². The normalized spacial score (nSPS) is 9.77. The van der Waals surface area contributed by atoms with Crippen molar-refractivity contribution in [1.29, 1.82) is 0 Å². The van der Waals surface area contributed by atoms with Gasteiger partial charge in [-0.15, -0.1) is 0 Å². The molecule has 0 aliphatic carbocycles. The van der Waals surface area contributed by atoms with E-state index in [9.17, 15) is 2.59 Å². The fraction of sp³-hybridized carbons (Fsp3) is 0.111. The summed E-state index contributed by atoms with van der Waals surface area (Å²) in [7, 11) is 0. The molecule has 0 aliphatic heterocycles. The summed E-state index contributed by atoms with van der Waals surface area (Å²) in [6.07, 6.45) is 1.73. The molecule has 0 aliphatic rings. The van der Waals surface area contributed by atoms with E-state index in [1.165, 1.54) is 0 Å². The van der Waals surface area contributed by atoms with Gasteiger partial charge in [0.05, 0.1) is 0 Å². The molecule has 0 fully saturated rings. The number of aryl methyl sites for hydroxylation is 2. The molecule has 0 bridgehead atoms. The summed E-state index contributed by atoms with van der Waals surface area (Å²) in [5, 5.41) is 0. The van der Waals surface area contributed by atoms with E-state index in [1.807, 2.05) is 74.5 Å². The van der Waals surface area contributed by atoms with Crippen LogP contribution in [0.5, 0.6) is 0 Å².